The Bertz CT molecular complexity index is 381. The lowest BCUT2D eigenvalue weighted by Crippen LogP contribution is -2.27. The van der Waals surface area contributed by atoms with Crippen molar-refractivity contribution in [2.24, 2.45) is 0 Å². The topological polar surface area (TPSA) is 18.5 Å². The number of benzene rings is 1. The van der Waals surface area contributed by atoms with Gasteiger partial charge in [0, 0.05) is 0 Å². The van der Waals surface area contributed by atoms with E-state index in [2.05, 4.69) is 50.8 Å². The van der Waals surface area contributed by atoms with Crippen LogP contribution in [0.2, 0.25) is 19.6 Å². The number of aryl methyl sites for hydroxylation is 1. The third-order valence-electron chi connectivity index (χ3n) is 3.63. The highest BCUT2D eigenvalue weighted by molar-refractivity contribution is 6.69. The first-order chi connectivity index (χ1) is 10.5. The molecule has 0 radical (unpaired) electrons. The molecular formula is C19H34O2Si. The van der Waals surface area contributed by atoms with Crippen LogP contribution in [0.1, 0.15) is 51.0 Å². The molecule has 2 nitrogen and oxygen atoms in total. The van der Waals surface area contributed by atoms with Crippen LogP contribution in [0.4, 0.5) is 0 Å². The van der Waals surface area contributed by atoms with Gasteiger partial charge >= 0.3 is 0 Å². The molecule has 0 saturated heterocycles. The summed E-state index contributed by atoms with van der Waals surface area (Å²) in [4.78, 5) is 0. The normalized spacial score (nSPS) is 11.6. The maximum absolute atomic E-state index is 5.78. The molecule has 3 heteroatoms. The third kappa shape index (κ3) is 10.0. The fourth-order valence-corrected chi connectivity index (χ4v) is 3.06. The summed E-state index contributed by atoms with van der Waals surface area (Å²) < 4.78 is 11.5. The minimum absolute atomic E-state index is 0.640. The fourth-order valence-electron chi connectivity index (χ4n) is 2.37. The van der Waals surface area contributed by atoms with Crippen LogP contribution in [-0.4, -0.2) is 21.5 Å². The highest BCUT2D eigenvalue weighted by Gasteiger charge is 2.13. The largest absolute Gasteiger partial charge is 0.491 e. The lowest BCUT2D eigenvalue weighted by molar-refractivity contribution is 0.212. The minimum Gasteiger partial charge on any atom is -0.491 e. The summed E-state index contributed by atoms with van der Waals surface area (Å²) in [5.41, 5.74) is 1.42. The van der Waals surface area contributed by atoms with E-state index in [4.69, 9.17) is 9.16 Å². The van der Waals surface area contributed by atoms with Crippen molar-refractivity contribution in [3.05, 3.63) is 29.8 Å². The van der Waals surface area contributed by atoms with Gasteiger partial charge in [-0.05, 0) is 50.2 Å². The van der Waals surface area contributed by atoms with E-state index < -0.39 is 8.32 Å². The van der Waals surface area contributed by atoms with Gasteiger partial charge in [-0.2, -0.15) is 0 Å². The van der Waals surface area contributed by atoms with Gasteiger partial charge in [0.25, 0.3) is 0 Å². The van der Waals surface area contributed by atoms with Gasteiger partial charge in [-0.3, -0.25) is 0 Å². The van der Waals surface area contributed by atoms with Crippen LogP contribution in [-0.2, 0) is 10.8 Å². The summed E-state index contributed by atoms with van der Waals surface area (Å²) in [5.74, 6) is 0.950. The van der Waals surface area contributed by atoms with Gasteiger partial charge in [-0.1, -0.05) is 51.2 Å². The number of rotatable bonds is 12. The summed E-state index contributed by atoms with van der Waals surface area (Å²) in [6.07, 6.45) is 9.32. The molecule has 0 aliphatic heterocycles. The van der Waals surface area contributed by atoms with E-state index in [1.165, 1.54) is 50.5 Å². The molecule has 0 atom stereocenters. The van der Waals surface area contributed by atoms with Gasteiger partial charge in [0.15, 0.2) is 8.32 Å². The summed E-state index contributed by atoms with van der Waals surface area (Å²) >= 11 is 0. The predicted molar refractivity (Wildman–Crippen MR) is 98.3 cm³/mol. The highest BCUT2D eigenvalue weighted by Crippen LogP contribution is 2.15. The minimum atomic E-state index is -1.41. The molecule has 0 aromatic heterocycles. The van der Waals surface area contributed by atoms with Crippen LogP contribution >= 0.6 is 0 Å². The van der Waals surface area contributed by atoms with E-state index in [9.17, 15) is 0 Å². The molecule has 1 aromatic rings. The zero-order valence-corrected chi connectivity index (χ0v) is 16.0. The Morgan fingerprint density at radius 1 is 0.818 bits per heavy atom. The highest BCUT2D eigenvalue weighted by atomic mass is 28.4. The molecule has 1 rings (SSSR count). The second kappa shape index (κ2) is 10.8. The van der Waals surface area contributed by atoms with Gasteiger partial charge in [0.1, 0.15) is 12.4 Å². The first-order valence-corrected chi connectivity index (χ1v) is 12.3. The number of unbranched alkanes of at least 4 members (excludes halogenated alkanes) is 5. The maximum atomic E-state index is 5.78. The zero-order chi connectivity index (χ0) is 16.3. The van der Waals surface area contributed by atoms with Crippen molar-refractivity contribution in [3.8, 4) is 5.75 Å². The van der Waals surface area contributed by atoms with Crippen molar-refractivity contribution in [2.45, 2.75) is 71.5 Å². The Labute approximate surface area is 138 Å². The molecule has 0 amide bonds. The lowest BCUT2D eigenvalue weighted by Gasteiger charge is -2.17. The molecule has 0 N–H and O–H groups in total. The third-order valence-corrected chi connectivity index (χ3v) is 4.70. The van der Waals surface area contributed by atoms with Crippen LogP contribution in [0.3, 0.4) is 0 Å². The van der Waals surface area contributed by atoms with E-state index >= 15 is 0 Å². The van der Waals surface area contributed by atoms with Crippen molar-refractivity contribution in [1.29, 1.82) is 0 Å². The molecule has 0 spiro atoms. The van der Waals surface area contributed by atoms with E-state index in [0.29, 0.717) is 13.2 Å². The molecular weight excluding hydrogens is 288 g/mol. The first-order valence-electron chi connectivity index (χ1n) is 8.87. The first kappa shape index (κ1) is 19.2. The Hall–Kier alpha value is -0.803. The Kier molecular flexibility index (Phi) is 9.49. The second-order valence-corrected chi connectivity index (χ2v) is 11.5. The number of hydrogen-bond donors (Lipinski definition) is 0. The molecule has 0 heterocycles. The van der Waals surface area contributed by atoms with Gasteiger partial charge in [0.2, 0.25) is 0 Å². The van der Waals surface area contributed by atoms with E-state index in [0.717, 1.165) is 5.75 Å². The standard InChI is InChI=1S/C19H34O2Si/c1-5-6-7-8-9-10-11-18-12-14-19(15-13-18)20-16-17-21-22(2,3)4/h12-15H,5-11,16-17H2,1-4H3. The fraction of sp³-hybridized carbons (Fsp3) is 0.684. The van der Waals surface area contributed by atoms with Crippen LogP contribution in [0, 0.1) is 0 Å². The Morgan fingerprint density at radius 2 is 1.45 bits per heavy atom. The summed E-state index contributed by atoms with van der Waals surface area (Å²) in [6.45, 7) is 10.2. The molecule has 0 fully saturated rings. The van der Waals surface area contributed by atoms with Gasteiger partial charge < -0.3 is 9.16 Å². The molecule has 22 heavy (non-hydrogen) atoms. The maximum Gasteiger partial charge on any atom is 0.183 e. The molecule has 0 saturated carbocycles. The van der Waals surface area contributed by atoms with Gasteiger partial charge in [0.05, 0.1) is 6.61 Å². The predicted octanol–water partition coefficient (Wildman–Crippen LogP) is 5.82. The van der Waals surface area contributed by atoms with Crippen LogP contribution < -0.4 is 4.74 Å². The summed E-state index contributed by atoms with van der Waals surface area (Å²) in [6, 6.07) is 8.56. The smallest absolute Gasteiger partial charge is 0.183 e. The molecule has 0 bridgehead atoms. The number of ether oxygens (including phenoxy) is 1. The quantitative estimate of drug-likeness (QED) is 0.356. The molecule has 0 aliphatic carbocycles. The molecule has 1 aromatic carbocycles. The van der Waals surface area contributed by atoms with Crippen molar-refractivity contribution >= 4 is 8.32 Å². The van der Waals surface area contributed by atoms with Crippen molar-refractivity contribution in [1.82, 2.24) is 0 Å². The SMILES string of the molecule is CCCCCCCCc1ccc(OCCO[Si](C)(C)C)cc1. The lowest BCUT2D eigenvalue weighted by atomic mass is 10.0. The average Bonchev–Trinajstić information content (AvgIpc) is 2.48. The Balaban J connectivity index is 2.14. The van der Waals surface area contributed by atoms with Crippen LogP contribution in [0.5, 0.6) is 5.75 Å². The van der Waals surface area contributed by atoms with Crippen molar-refractivity contribution in [3.63, 3.8) is 0 Å². The Morgan fingerprint density at radius 3 is 2.09 bits per heavy atom. The number of hydrogen-bond acceptors (Lipinski definition) is 2. The molecule has 0 unspecified atom stereocenters. The monoisotopic (exact) mass is 322 g/mol. The second-order valence-electron chi connectivity index (χ2n) is 6.97. The molecule has 126 valence electrons. The average molecular weight is 323 g/mol. The zero-order valence-electron chi connectivity index (χ0n) is 15.0. The summed E-state index contributed by atoms with van der Waals surface area (Å²) in [5, 5.41) is 0. The van der Waals surface area contributed by atoms with Gasteiger partial charge in [-0.15, -0.1) is 0 Å². The van der Waals surface area contributed by atoms with Gasteiger partial charge in [-0.25, -0.2) is 0 Å². The van der Waals surface area contributed by atoms with Crippen molar-refractivity contribution in [2.75, 3.05) is 13.2 Å². The van der Waals surface area contributed by atoms with Crippen LogP contribution in [0.25, 0.3) is 0 Å². The van der Waals surface area contributed by atoms with E-state index in [1.807, 2.05) is 0 Å². The van der Waals surface area contributed by atoms with Crippen LogP contribution in [0.15, 0.2) is 24.3 Å². The van der Waals surface area contributed by atoms with E-state index in [1.54, 1.807) is 0 Å². The van der Waals surface area contributed by atoms with E-state index in [-0.39, 0.29) is 0 Å². The summed E-state index contributed by atoms with van der Waals surface area (Å²) in [7, 11) is -1.41. The van der Waals surface area contributed by atoms with Crippen molar-refractivity contribution < 1.29 is 9.16 Å². The molecule has 0 aliphatic rings.